The fourth-order valence-electron chi connectivity index (χ4n) is 2.93. The predicted octanol–water partition coefficient (Wildman–Crippen LogP) is 2.85. The molecular weight excluding hydrogens is 264 g/mol. The molecule has 0 radical (unpaired) electrons. The summed E-state index contributed by atoms with van der Waals surface area (Å²) in [4.78, 5) is 29.4. The Balaban J connectivity index is 1.98. The molecule has 2 heterocycles. The summed E-state index contributed by atoms with van der Waals surface area (Å²) in [5, 5.41) is 1.46. The largest absolute Gasteiger partial charge is 0.337 e. The molecule has 0 saturated carbocycles. The third-order valence-corrected chi connectivity index (χ3v) is 4.13. The fourth-order valence-corrected chi connectivity index (χ4v) is 2.93. The second-order valence-corrected chi connectivity index (χ2v) is 5.81. The van der Waals surface area contributed by atoms with Gasteiger partial charge in [-0.25, -0.2) is 0 Å². The van der Waals surface area contributed by atoms with Gasteiger partial charge in [-0.05, 0) is 37.3 Å². The number of pyridine rings is 1. The summed E-state index contributed by atoms with van der Waals surface area (Å²) in [6, 6.07) is 7.51. The van der Waals surface area contributed by atoms with E-state index in [4.69, 9.17) is 0 Å². The molecule has 2 aromatic rings. The van der Waals surface area contributed by atoms with Gasteiger partial charge in [-0.3, -0.25) is 9.59 Å². The third kappa shape index (κ3) is 2.84. The minimum Gasteiger partial charge on any atom is -0.337 e. The molecule has 1 aromatic carbocycles. The number of likely N-dealkylation sites (tertiary alicyclic amines) is 1. The van der Waals surface area contributed by atoms with Gasteiger partial charge in [-0.1, -0.05) is 30.5 Å². The van der Waals surface area contributed by atoms with E-state index in [1.165, 1.54) is 12.8 Å². The van der Waals surface area contributed by atoms with Crippen LogP contribution in [-0.4, -0.2) is 28.9 Å². The molecule has 0 aliphatic carbocycles. The lowest BCUT2D eigenvalue weighted by Gasteiger charge is -2.20. The first-order valence-corrected chi connectivity index (χ1v) is 7.58. The number of nitrogens with zero attached hydrogens (tertiary/aromatic N) is 1. The van der Waals surface area contributed by atoms with Crippen LogP contribution >= 0.6 is 0 Å². The number of H-pyrrole nitrogens is 1. The normalized spacial score (nSPS) is 16.0. The molecule has 0 spiro atoms. The number of rotatable bonds is 1. The molecule has 1 N–H and O–H groups in total. The van der Waals surface area contributed by atoms with Gasteiger partial charge in [0.05, 0.1) is 0 Å². The van der Waals surface area contributed by atoms with Crippen LogP contribution in [-0.2, 0) is 0 Å². The Bertz CT molecular complexity index is 725. The lowest BCUT2D eigenvalue weighted by molar-refractivity contribution is 0.0755. The van der Waals surface area contributed by atoms with Crippen molar-refractivity contribution in [3.05, 3.63) is 45.9 Å². The molecule has 0 unspecified atom stereocenters. The van der Waals surface area contributed by atoms with Gasteiger partial charge >= 0.3 is 0 Å². The molecule has 21 heavy (non-hydrogen) atoms. The quantitative estimate of drug-likeness (QED) is 0.875. The first-order valence-electron chi connectivity index (χ1n) is 7.58. The van der Waals surface area contributed by atoms with Crippen molar-refractivity contribution in [1.82, 2.24) is 9.88 Å². The zero-order chi connectivity index (χ0) is 14.8. The molecule has 1 aliphatic rings. The van der Waals surface area contributed by atoms with Crippen LogP contribution < -0.4 is 5.56 Å². The molecule has 3 rings (SSSR count). The molecule has 4 heteroatoms. The van der Waals surface area contributed by atoms with Crippen molar-refractivity contribution in [1.29, 1.82) is 0 Å². The number of fused-ring (bicyclic) bond motifs is 1. The Kier molecular flexibility index (Phi) is 3.78. The standard InChI is InChI=1S/C17H20N2O2/c1-12-6-7-13-11-15(18-16(20)14(13)10-12)17(21)19-8-4-2-3-5-9-19/h6-7,10-11H,2-5,8-9H2,1H3,(H,18,20). The van der Waals surface area contributed by atoms with E-state index in [-0.39, 0.29) is 11.5 Å². The first-order chi connectivity index (χ1) is 10.1. The summed E-state index contributed by atoms with van der Waals surface area (Å²) in [6.07, 6.45) is 4.44. The summed E-state index contributed by atoms with van der Waals surface area (Å²) in [6.45, 7) is 3.52. The Morgan fingerprint density at radius 1 is 1.10 bits per heavy atom. The van der Waals surface area contributed by atoms with E-state index in [0.29, 0.717) is 11.1 Å². The number of nitrogens with one attached hydrogen (secondary N) is 1. The zero-order valence-corrected chi connectivity index (χ0v) is 12.3. The summed E-state index contributed by atoms with van der Waals surface area (Å²) < 4.78 is 0. The van der Waals surface area contributed by atoms with Gasteiger partial charge in [-0.15, -0.1) is 0 Å². The second-order valence-electron chi connectivity index (χ2n) is 5.81. The van der Waals surface area contributed by atoms with Gasteiger partial charge in [0.2, 0.25) is 0 Å². The average Bonchev–Trinajstić information content (AvgIpc) is 2.76. The number of aryl methyl sites for hydroxylation is 1. The number of carbonyl (C=O) groups is 1. The Morgan fingerprint density at radius 2 is 1.81 bits per heavy atom. The Hall–Kier alpha value is -2.10. The lowest BCUT2D eigenvalue weighted by atomic mass is 10.1. The molecule has 0 atom stereocenters. The van der Waals surface area contributed by atoms with Gasteiger partial charge in [0, 0.05) is 18.5 Å². The number of hydrogen-bond donors (Lipinski definition) is 1. The maximum Gasteiger partial charge on any atom is 0.270 e. The monoisotopic (exact) mass is 284 g/mol. The van der Waals surface area contributed by atoms with E-state index in [0.717, 1.165) is 36.9 Å². The molecule has 1 amide bonds. The summed E-state index contributed by atoms with van der Waals surface area (Å²) in [7, 11) is 0. The third-order valence-electron chi connectivity index (χ3n) is 4.13. The highest BCUT2D eigenvalue weighted by atomic mass is 16.2. The van der Waals surface area contributed by atoms with Gasteiger partial charge in [0.15, 0.2) is 0 Å². The van der Waals surface area contributed by atoms with Crippen molar-refractivity contribution < 1.29 is 4.79 Å². The van der Waals surface area contributed by atoms with E-state index in [1.54, 1.807) is 6.07 Å². The highest BCUT2D eigenvalue weighted by molar-refractivity contribution is 5.96. The van der Waals surface area contributed by atoms with Crippen LogP contribution in [0.4, 0.5) is 0 Å². The van der Waals surface area contributed by atoms with Crippen LogP contribution in [0.15, 0.2) is 29.1 Å². The minimum absolute atomic E-state index is 0.0588. The van der Waals surface area contributed by atoms with E-state index < -0.39 is 0 Å². The van der Waals surface area contributed by atoms with Crippen LogP contribution in [0.2, 0.25) is 0 Å². The molecule has 1 fully saturated rings. The molecule has 1 aliphatic heterocycles. The summed E-state index contributed by atoms with van der Waals surface area (Å²) in [5.74, 6) is -0.0588. The van der Waals surface area contributed by atoms with E-state index in [1.807, 2.05) is 30.0 Å². The van der Waals surface area contributed by atoms with Crippen molar-refractivity contribution in [3.63, 3.8) is 0 Å². The van der Waals surface area contributed by atoms with Gasteiger partial charge < -0.3 is 9.88 Å². The van der Waals surface area contributed by atoms with Crippen molar-refractivity contribution >= 4 is 16.7 Å². The molecule has 4 nitrogen and oxygen atoms in total. The van der Waals surface area contributed by atoms with Crippen LogP contribution in [0.5, 0.6) is 0 Å². The number of aromatic nitrogens is 1. The van der Waals surface area contributed by atoms with Gasteiger partial charge in [-0.2, -0.15) is 0 Å². The second kappa shape index (κ2) is 5.72. The first kappa shape index (κ1) is 13.9. The van der Waals surface area contributed by atoms with E-state index in [9.17, 15) is 9.59 Å². The van der Waals surface area contributed by atoms with E-state index >= 15 is 0 Å². The van der Waals surface area contributed by atoms with Crippen LogP contribution in [0, 0.1) is 6.92 Å². The van der Waals surface area contributed by atoms with E-state index in [2.05, 4.69) is 4.98 Å². The number of carbonyl (C=O) groups excluding carboxylic acids is 1. The fraction of sp³-hybridized carbons (Fsp3) is 0.412. The number of amides is 1. The van der Waals surface area contributed by atoms with Crippen molar-refractivity contribution in [2.24, 2.45) is 0 Å². The summed E-state index contributed by atoms with van der Waals surface area (Å²) >= 11 is 0. The molecular formula is C17H20N2O2. The SMILES string of the molecule is Cc1ccc2cc(C(=O)N3CCCCCC3)[nH]c(=O)c2c1. The Morgan fingerprint density at radius 3 is 2.52 bits per heavy atom. The maximum atomic E-state index is 12.6. The molecule has 0 bridgehead atoms. The molecule has 110 valence electrons. The summed E-state index contributed by atoms with van der Waals surface area (Å²) in [5.41, 5.74) is 1.26. The van der Waals surface area contributed by atoms with Crippen LogP contribution in [0.1, 0.15) is 41.7 Å². The average molecular weight is 284 g/mol. The van der Waals surface area contributed by atoms with Crippen LogP contribution in [0.25, 0.3) is 10.8 Å². The number of benzene rings is 1. The van der Waals surface area contributed by atoms with Crippen molar-refractivity contribution in [2.45, 2.75) is 32.6 Å². The van der Waals surface area contributed by atoms with Crippen molar-refractivity contribution in [2.75, 3.05) is 13.1 Å². The smallest absolute Gasteiger partial charge is 0.270 e. The highest BCUT2D eigenvalue weighted by Crippen LogP contribution is 2.16. The topological polar surface area (TPSA) is 53.2 Å². The predicted molar refractivity (Wildman–Crippen MR) is 83.7 cm³/mol. The van der Waals surface area contributed by atoms with Crippen molar-refractivity contribution in [3.8, 4) is 0 Å². The van der Waals surface area contributed by atoms with Gasteiger partial charge in [0.1, 0.15) is 5.69 Å². The van der Waals surface area contributed by atoms with Crippen LogP contribution in [0.3, 0.4) is 0 Å². The highest BCUT2D eigenvalue weighted by Gasteiger charge is 2.18. The minimum atomic E-state index is -0.186. The van der Waals surface area contributed by atoms with Gasteiger partial charge in [0.25, 0.3) is 11.5 Å². The lowest BCUT2D eigenvalue weighted by Crippen LogP contribution is -2.33. The Labute approximate surface area is 123 Å². The number of aromatic amines is 1. The maximum absolute atomic E-state index is 12.6. The molecule has 1 saturated heterocycles. The number of hydrogen-bond acceptors (Lipinski definition) is 2. The zero-order valence-electron chi connectivity index (χ0n) is 12.3. The molecule has 1 aromatic heterocycles.